The van der Waals surface area contributed by atoms with Gasteiger partial charge in [-0.05, 0) is 37.3 Å². The molecule has 0 saturated carbocycles. The number of ether oxygens (including phenoxy) is 2. The van der Waals surface area contributed by atoms with E-state index in [0.717, 1.165) is 41.8 Å². The lowest BCUT2D eigenvalue weighted by atomic mass is 9.95. The molecule has 1 aliphatic rings. The van der Waals surface area contributed by atoms with Gasteiger partial charge >= 0.3 is 0 Å². The maximum absolute atomic E-state index is 12.0. The van der Waals surface area contributed by atoms with Gasteiger partial charge < -0.3 is 14.8 Å². The zero-order valence-electron chi connectivity index (χ0n) is 13.7. The van der Waals surface area contributed by atoms with E-state index < -0.39 is 0 Å². The van der Waals surface area contributed by atoms with Crippen LogP contribution in [0.4, 0.5) is 0 Å². The van der Waals surface area contributed by atoms with Gasteiger partial charge in [0.15, 0.2) is 6.61 Å². The van der Waals surface area contributed by atoms with Crippen LogP contribution in [0, 0.1) is 0 Å². The Hall–Kier alpha value is -2.63. The summed E-state index contributed by atoms with van der Waals surface area (Å²) in [6.07, 6.45) is 7.70. The first-order valence-electron chi connectivity index (χ1n) is 8.11. The van der Waals surface area contributed by atoms with Crippen LogP contribution in [0.15, 0.2) is 30.6 Å². The molecular formula is C18H21N3O3. The van der Waals surface area contributed by atoms with Crippen LogP contribution in [0.5, 0.6) is 11.6 Å². The molecule has 0 atom stereocenters. The molecule has 0 unspecified atom stereocenters. The molecule has 6 heteroatoms. The third kappa shape index (κ3) is 4.01. The van der Waals surface area contributed by atoms with Gasteiger partial charge in [-0.3, -0.25) is 9.78 Å². The SMILES string of the molecule is COc1ccc(CNC(=O)COc2ccnc3c2CCCC3)cn1. The fourth-order valence-electron chi connectivity index (χ4n) is 2.76. The van der Waals surface area contributed by atoms with E-state index in [4.69, 9.17) is 9.47 Å². The Morgan fingerprint density at radius 3 is 2.88 bits per heavy atom. The second-order valence-corrected chi connectivity index (χ2v) is 5.72. The third-order valence-electron chi connectivity index (χ3n) is 4.05. The number of carbonyl (C=O) groups excluding carboxylic acids is 1. The molecule has 0 saturated heterocycles. The second kappa shape index (κ2) is 7.77. The molecule has 2 aromatic rings. The van der Waals surface area contributed by atoms with Crippen molar-refractivity contribution in [1.82, 2.24) is 15.3 Å². The van der Waals surface area contributed by atoms with E-state index >= 15 is 0 Å². The number of nitrogens with one attached hydrogen (secondary N) is 1. The van der Waals surface area contributed by atoms with Crippen LogP contribution in [0.25, 0.3) is 0 Å². The molecule has 0 fully saturated rings. The highest BCUT2D eigenvalue weighted by molar-refractivity contribution is 5.77. The number of pyridine rings is 2. The minimum absolute atomic E-state index is 0.0000363. The van der Waals surface area contributed by atoms with Gasteiger partial charge in [-0.2, -0.15) is 0 Å². The zero-order valence-corrected chi connectivity index (χ0v) is 13.7. The normalized spacial score (nSPS) is 13.0. The summed E-state index contributed by atoms with van der Waals surface area (Å²) in [7, 11) is 1.57. The van der Waals surface area contributed by atoms with Gasteiger partial charge in [0.25, 0.3) is 5.91 Å². The first kappa shape index (κ1) is 16.2. The van der Waals surface area contributed by atoms with Crippen LogP contribution in [-0.2, 0) is 24.2 Å². The number of fused-ring (bicyclic) bond motifs is 1. The average molecular weight is 327 g/mol. The highest BCUT2D eigenvalue weighted by atomic mass is 16.5. The summed E-state index contributed by atoms with van der Waals surface area (Å²) in [6.45, 7) is 0.410. The zero-order chi connectivity index (χ0) is 16.8. The van der Waals surface area contributed by atoms with Crippen molar-refractivity contribution in [1.29, 1.82) is 0 Å². The van der Waals surface area contributed by atoms with Crippen LogP contribution in [0.1, 0.15) is 29.7 Å². The lowest BCUT2D eigenvalue weighted by Crippen LogP contribution is -2.28. The van der Waals surface area contributed by atoms with Gasteiger partial charge in [0.05, 0.1) is 7.11 Å². The van der Waals surface area contributed by atoms with Crippen molar-refractivity contribution in [2.45, 2.75) is 32.2 Å². The van der Waals surface area contributed by atoms with Crippen molar-refractivity contribution in [3.63, 3.8) is 0 Å². The molecule has 0 aliphatic heterocycles. The summed E-state index contributed by atoms with van der Waals surface area (Å²) >= 11 is 0. The number of aryl methyl sites for hydroxylation is 1. The molecule has 3 rings (SSSR count). The van der Waals surface area contributed by atoms with Crippen molar-refractivity contribution in [2.75, 3.05) is 13.7 Å². The second-order valence-electron chi connectivity index (χ2n) is 5.72. The maximum Gasteiger partial charge on any atom is 0.258 e. The topological polar surface area (TPSA) is 73.3 Å². The minimum Gasteiger partial charge on any atom is -0.483 e. The first-order valence-corrected chi connectivity index (χ1v) is 8.11. The number of nitrogens with zero attached hydrogens (tertiary/aromatic N) is 2. The molecule has 1 N–H and O–H groups in total. The predicted molar refractivity (Wildman–Crippen MR) is 89.0 cm³/mol. The number of amides is 1. The van der Waals surface area contributed by atoms with Gasteiger partial charge in [0.2, 0.25) is 5.88 Å². The lowest BCUT2D eigenvalue weighted by molar-refractivity contribution is -0.123. The number of methoxy groups -OCH3 is 1. The quantitative estimate of drug-likeness (QED) is 0.879. The number of rotatable bonds is 6. The summed E-state index contributed by atoms with van der Waals surface area (Å²) in [5, 5.41) is 2.83. The van der Waals surface area contributed by atoms with Gasteiger partial charge in [0, 0.05) is 36.3 Å². The molecule has 0 aromatic carbocycles. The number of aromatic nitrogens is 2. The van der Waals surface area contributed by atoms with E-state index in [1.165, 1.54) is 6.42 Å². The Morgan fingerprint density at radius 2 is 2.08 bits per heavy atom. The number of hydrogen-bond acceptors (Lipinski definition) is 5. The fraction of sp³-hybridized carbons (Fsp3) is 0.389. The monoisotopic (exact) mass is 327 g/mol. The lowest BCUT2D eigenvalue weighted by Gasteiger charge is -2.18. The molecule has 1 aliphatic carbocycles. The molecular weight excluding hydrogens is 306 g/mol. The molecule has 126 valence electrons. The highest BCUT2D eigenvalue weighted by Crippen LogP contribution is 2.27. The summed E-state index contributed by atoms with van der Waals surface area (Å²) in [5.41, 5.74) is 3.16. The molecule has 24 heavy (non-hydrogen) atoms. The van der Waals surface area contributed by atoms with Gasteiger partial charge in [-0.15, -0.1) is 0 Å². The Balaban J connectivity index is 1.50. The van der Waals surface area contributed by atoms with E-state index in [0.29, 0.717) is 12.4 Å². The van der Waals surface area contributed by atoms with Crippen molar-refractivity contribution in [3.8, 4) is 11.6 Å². The van der Waals surface area contributed by atoms with Crippen molar-refractivity contribution >= 4 is 5.91 Å². The van der Waals surface area contributed by atoms with Crippen molar-refractivity contribution in [3.05, 3.63) is 47.4 Å². The molecule has 2 heterocycles. The standard InChI is InChI=1S/C18H21N3O3/c1-23-18-7-6-13(11-21-18)10-20-17(22)12-24-16-8-9-19-15-5-3-2-4-14(15)16/h6-9,11H,2-5,10,12H2,1H3,(H,20,22). The first-order chi connectivity index (χ1) is 11.8. The van der Waals surface area contributed by atoms with Gasteiger partial charge in [-0.1, -0.05) is 6.07 Å². The fourth-order valence-corrected chi connectivity index (χ4v) is 2.76. The van der Waals surface area contributed by atoms with E-state index in [2.05, 4.69) is 15.3 Å². The summed E-state index contributed by atoms with van der Waals surface area (Å²) in [6, 6.07) is 5.47. The van der Waals surface area contributed by atoms with Gasteiger partial charge in [0.1, 0.15) is 5.75 Å². The van der Waals surface area contributed by atoms with E-state index in [1.54, 1.807) is 25.6 Å². The highest BCUT2D eigenvalue weighted by Gasteiger charge is 2.15. The number of carbonyl (C=O) groups is 1. The molecule has 0 bridgehead atoms. The Kier molecular flexibility index (Phi) is 5.25. The van der Waals surface area contributed by atoms with Crippen LogP contribution in [0.2, 0.25) is 0 Å². The van der Waals surface area contributed by atoms with E-state index in [9.17, 15) is 4.79 Å². The number of hydrogen-bond donors (Lipinski definition) is 1. The largest absolute Gasteiger partial charge is 0.483 e. The summed E-state index contributed by atoms with van der Waals surface area (Å²) < 4.78 is 10.7. The minimum atomic E-state index is -0.160. The van der Waals surface area contributed by atoms with Crippen LogP contribution < -0.4 is 14.8 Å². The molecule has 2 aromatic heterocycles. The van der Waals surface area contributed by atoms with E-state index in [1.807, 2.05) is 12.1 Å². The van der Waals surface area contributed by atoms with Gasteiger partial charge in [-0.25, -0.2) is 4.98 Å². The van der Waals surface area contributed by atoms with E-state index in [-0.39, 0.29) is 12.5 Å². The summed E-state index contributed by atoms with van der Waals surface area (Å²) in [4.78, 5) is 20.5. The van der Waals surface area contributed by atoms with Crippen LogP contribution >= 0.6 is 0 Å². The van der Waals surface area contributed by atoms with Crippen LogP contribution in [0.3, 0.4) is 0 Å². The Morgan fingerprint density at radius 1 is 1.21 bits per heavy atom. The smallest absolute Gasteiger partial charge is 0.258 e. The average Bonchev–Trinajstić information content (AvgIpc) is 2.65. The maximum atomic E-state index is 12.0. The van der Waals surface area contributed by atoms with Crippen molar-refractivity contribution in [2.24, 2.45) is 0 Å². The van der Waals surface area contributed by atoms with Crippen LogP contribution in [-0.4, -0.2) is 29.6 Å². The molecule has 0 spiro atoms. The molecule has 6 nitrogen and oxygen atoms in total. The molecule has 1 amide bonds. The predicted octanol–water partition coefficient (Wildman–Crippen LogP) is 2.06. The third-order valence-corrected chi connectivity index (χ3v) is 4.05. The Bertz CT molecular complexity index is 701. The van der Waals surface area contributed by atoms with Crippen molar-refractivity contribution < 1.29 is 14.3 Å². The molecule has 0 radical (unpaired) electrons. The summed E-state index contributed by atoms with van der Waals surface area (Å²) in [5.74, 6) is 1.17. The Labute approximate surface area is 141 Å².